The van der Waals surface area contributed by atoms with E-state index in [1.54, 1.807) is 45.2 Å². The fraction of sp³-hybridized carbons (Fsp3) is 0.353. The Kier molecular flexibility index (Phi) is 6.33. The van der Waals surface area contributed by atoms with Gasteiger partial charge in [-0.2, -0.15) is 0 Å². The van der Waals surface area contributed by atoms with Gasteiger partial charge in [0.05, 0.1) is 23.2 Å². The van der Waals surface area contributed by atoms with E-state index in [1.807, 2.05) is 0 Å². The number of ether oxygens (including phenoxy) is 2. The Morgan fingerprint density at radius 2 is 1.96 bits per heavy atom. The van der Waals surface area contributed by atoms with Crippen LogP contribution in [0.1, 0.15) is 56.0 Å². The van der Waals surface area contributed by atoms with E-state index >= 15 is 0 Å². The Morgan fingerprint density at radius 1 is 1.24 bits per heavy atom. The van der Waals surface area contributed by atoms with Crippen LogP contribution in [0.15, 0.2) is 17.5 Å². The number of hydrogen-bond acceptors (Lipinski definition) is 7. The van der Waals surface area contributed by atoms with Gasteiger partial charge in [-0.25, -0.2) is 9.59 Å². The zero-order valence-electron chi connectivity index (χ0n) is 14.4. The molecule has 25 heavy (non-hydrogen) atoms. The molecule has 0 saturated carbocycles. The minimum absolute atomic E-state index is 0.187. The first-order valence-corrected chi connectivity index (χ1v) is 9.41. The molecular weight excluding hydrogens is 362 g/mol. The van der Waals surface area contributed by atoms with Crippen molar-refractivity contribution in [1.82, 2.24) is 0 Å². The molecular formula is C17H19NO5S2. The van der Waals surface area contributed by atoms with E-state index in [4.69, 9.17) is 9.47 Å². The van der Waals surface area contributed by atoms with Gasteiger partial charge in [0.25, 0.3) is 5.91 Å². The fourth-order valence-corrected chi connectivity index (χ4v) is 3.78. The summed E-state index contributed by atoms with van der Waals surface area (Å²) in [6.45, 7) is 7.01. The molecule has 0 aliphatic carbocycles. The third-order valence-electron chi connectivity index (χ3n) is 3.13. The number of carbonyl (C=O) groups is 3. The van der Waals surface area contributed by atoms with E-state index in [1.165, 1.54) is 11.3 Å². The molecule has 0 spiro atoms. The van der Waals surface area contributed by atoms with Crippen molar-refractivity contribution in [2.24, 2.45) is 0 Å². The minimum Gasteiger partial charge on any atom is -0.462 e. The van der Waals surface area contributed by atoms with Gasteiger partial charge in [-0.1, -0.05) is 6.07 Å². The molecule has 0 aromatic carbocycles. The van der Waals surface area contributed by atoms with Gasteiger partial charge in [0.15, 0.2) is 0 Å². The molecule has 2 heterocycles. The monoisotopic (exact) mass is 381 g/mol. The fourth-order valence-electron chi connectivity index (χ4n) is 2.09. The van der Waals surface area contributed by atoms with Crippen molar-refractivity contribution in [3.8, 4) is 0 Å². The molecule has 0 saturated heterocycles. The number of esters is 2. The quantitative estimate of drug-likeness (QED) is 0.762. The van der Waals surface area contributed by atoms with Gasteiger partial charge in [0.1, 0.15) is 9.88 Å². The Bertz CT molecular complexity index is 777. The molecule has 8 heteroatoms. The molecule has 0 fully saturated rings. The van der Waals surface area contributed by atoms with Crippen molar-refractivity contribution in [3.63, 3.8) is 0 Å². The van der Waals surface area contributed by atoms with Crippen molar-refractivity contribution in [3.05, 3.63) is 38.4 Å². The Morgan fingerprint density at radius 3 is 2.52 bits per heavy atom. The maximum absolute atomic E-state index is 12.3. The van der Waals surface area contributed by atoms with Crippen LogP contribution in [0.2, 0.25) is 0 Å². The summed E-state index contributed by atoms with van der Waals surface area (Å²) in [5, 5.41) is 4.77. The number of anilines is 1. The molecule has 1 N–H and O–H groups in total. The van der Waals surface area contributed by atoms with Crippen molar-refractivity contribution < 1.29 is 23.9 Å². The van der Waals surface area contributed by atoms with Crippen LogP contribution in [0.3, 0.4) is 0 Å². The summed E-state index contributed by atoms with van der Waals surface area (Å²) < 4.78 is 10.3. The van der Waals surface area contributed by atoms with Crippen LogP contribution in [-0.2, 0) is 9.47 Å². The third-order valence-corrected chi connectivity index (χ3v) is 5.18. The molecule has 0 atom stereocenters. The predicted octanol–water partition coefficient (Wildman–Crippen LogP) is 4.11. The minimum atomic E-state index is -0.582. The molecule has 0 aliphatic heterocycles. The SMILES string of the molecule is CCOC(=O)c1c(NC(=O)c2cccs2)sc(C(=O)OC(C)C)c1C. The second kappa shape index (κ2) is 8.26. The number of rotatable bonds is 6. The highest BCUT2D eigenvalue weighted by Crippen LogP contribution is 2.35. The van der Waals surface area contributed by atoms with Crippen molar-refractivity contribution in [1.29, 1.82) is 0 Å². The molecule has 6 nitrogen and oxygen atoms in total. The van der Waals surface area contributed by atoms with Crippen LogP contribution in [0, 0.1) is 6.92 Å². The summed E-state index contributed by atoms with van der Waals surface area (Å²) in [5.41, 5.74) is 0.628. The lowest BCUT2D eigenvalue weighted by molar-refractivity contribution is 0.0383. The molecule has 0 unspecified atom stereocenters. The normalized spacial score (nSPS) is 10.6. The van der Waals surface area contributed by atoms with Crippen molar-refractivity contribution in [2.45, 2.75) is 33.8 Å². The summed E-state index contributed by atoms with van der Waals surface area (Å²) in [6.07, 6.45) is -0.288. The van der Waals surface area contributed by atoms with E-state index < -0.39 is 11.9 Å². The summed E-state index contributed by atoms with van der Waals surface area (Å²) in [7, 11) is 0. The number of nitrogens with one attached hydrogen (secondary N) is 1. The topological polar surface area (TPSA) is 81.7 Å². The summed E-state index contributed by atoms with van der Waals surface area (Å²) in [6, 6.07) is 3.44. The van der Waals surface area contributed by atoms with E-state index in [0.717, 1.165) is 11.3 Å². The first kappa shape index (κ1) is 19.1. The van der Waals surface area contributed by atoms with E-state index in [2.05, 4.69) is 5.32 Å². The van der Waals surface area contributed by atoms with Crippen LogP contribution in [0.4, 0.5) is 5.00 Å². The van der Waals surface area contributed by atoms with Gasteiger partial charge in [-0.3, -0.25) is 4.79 Å². The highest BCUT2D eigenvalue weighted by Gasteiger charge is 2.28. The summed E-state index contributed by atoms with van der Waals surface area (Å²) in [4.78, 5) is 37.7. The predicted molar refractivity (Wildman–Crippen MR) is 97.8 cm³/mol. The molecule has 0 bridgehead atoms. The van der Waals surface area contributed by atoms with Gasteiger partial charge in [0.2, 0.25) is 0 Å². The van der Waals surface area contributed by atoms with Gasteiger partial charge < -0.3 is 14.8 Å². The van der Waals surface area contributed by atoms with E-state index in [-0.39, 0.29) is 34.1 Å². The van der Waals surface area contributed by atoms with Crippen LogP contribution in [0.5, 0.6) is 0 Å². The van der Waals surface area contributed by atoms with E-state index in [0.29, 0.717) is 10.4 Å². The molecule has 134 valence electrons. The van der Waals surface area contributed by atoms with Crippen LogP contribution >= 0.6 is 22.7 Å². The number of amides is 1. The maximum Gasteiger partial charge on any atom is 0.348 e. The molecule has 2 aromatic rings. The van der Waals surface area contributed by atoms with Gasteiger partial charge >= 0.3 is 11.9 Å². The van der Waals surface area contributed by atoms with Crippen molar-refractivity contribution in [2.75, 3.05) is 11.9 Å². The molecule has 2 aromatic heterocycles. The maximum atomic E-state index is 12.3. The van der Waals surface area contributed by atoms with E-state index in [9.17, 15) is 14.4 Å². The highest BCUT2D eigenvalue weighted by molar-refractivity contribution is 7.19. The second-order valence-corrected chi connectivity index (χ2v) is 7.33. The number of thiophene rings is 2. The molecule has 0 aliphatic rings. The average Bonchev–Trinajstić information content (AvgIpc) is 3.15. The largest absolute Gasteiger partial charge is 0.462 e. The van der Waals surface area contributed by atoms with Gasteiger partial charge in [0, 0.05) is 0 Å². The van der Waals surface area contributed by atoms with Crippen LogP contribution in [-0.4, -0.2) is 30.6 Å². The lowest BCUT2D eigenvalue weighted by Gasteiger charge is -2.07. The Labute approximate surface area is 153 Å². The van der Waals surface area contributed by atoms with Crippen LogP contribution in [0.25, 0.3) is 0 Å². The number of hydrogen-bond donors (Lipinski definition) is 1. The smallest absolute Gasteiger partial charge is 0.348 e. The second-order valence-electron chi connectivity index (χ2n) is 5.37. The lowest BCUT2D eigenvalue weighted by atomic mass is 10.1. The van der Waals surface area contributed by atoms with Crippen LogP contribution < -0.4 is 5.32 Å². The Hall–Kier alpha value is -2.19. The zero-order chi connectivity index (χ0) is 18.6. The molecule has 2 rings (SSSR count). The zero-order valence-corrected chi connectivity index (χ0v) is 16.0. The highest BCUT2D eigenvalue weighted by atomic mass is 32.1. The molecule has 0 radical (unpaired) electrons. The summed E-state index contributed by atoms with van der Waals surface area (Å²) in [5.74, 6) is -1.45. The Balaban J connectivity index is 2.40. The standard InChI is InChI=1S/C17H19NO5S2/c1-5-22-16(20)12-10(4)13(17(21)23-9(2)3)25-15(12)18-14(19)11-7-6-8-24-11/h6-9H,5H2,1-4H3,(H,18,19). The number of carbonyl (C=O) groups excluding carboxylic acids is 3. The average molecular weight is 381 g/mol. The van der Waals surface area contributed by atoms with Crippen molar-refractivity contribution >= 4 is 45.5 Å². The first-order chi connectivity index (χ1) is 11.8. The third kappa shape index (κ3) is 4.46. The summed E-state index contributed by atoms with van der Waals surface area (Å²) >= 11 is 2.30. The lowest BCUT2D eigenvalue weighted by Crippen LogP contribution is -2.14. The van der Waals surface area contributed by atoms with Gasteiger partial charge in [-0.05, 0) is 44.7 Å². The molecule has 1 amide bonds. The van der Waals surface area contributed by atoms with Gasteiger partial charge in [-0.15, -0.1) is 22.7 Å². The first-order valence-electron chi connectivity index (χ1n) is 7.71.